The van der Waals surface area contributed by atoms with Gasteiger partial charge in [-0.2, -0.15) is 13.2 Å². The highest BCUT2D eigenvalue weighted by atomic mass is 19.4. The Morgan fingerprint density at radius 3 is 2.19 bits per heavy atom. The highest BCUT2D eigenvalue weighted by Crippen LogP contribution is 2.32. The smallest absolute Gasteiger partial charge is 0.329 e. The van der Waals surface area contributed by atoms with E-state index in [9.17, 15) is 13.2 Å². The highest BCUT2D eigenvalue weighted by molar-refractivity contribution is 5.28. The van der Waals surface area contributed by atoms with E-state index in [0.717, 1.165) is 12.6 Å². The molecular formula is C16H25F3N2. The van der Waals surface area contributed by atoms with Crippen LogP contribution in [0.5, 0.6) is 0 Å². The Morgan fingerprint density at radius 2 is 1.76 bits per heavy atom. The first-order valence-corrected chi connectivity index (χ1v) is 7.29. The fraction of sp³-hybridized carbons (Fsp3) is 0.625. The molecule has 0 aliphatic carbocycles. The lowest BCUT2D eigenvalue weighted by Gasteiger charge is -2.36. The van der Waals surface area contributed by atoms with Gasteiger partial charge in [0.25, 0.3) is 0 Å². The minimum absolute atomic E-state index is 0.199. The average molecular weight is 302 g/mol. The Kier molecular flexibility index (Phi) is 6.23. The van der Waals surface area contributed by atoms with Crippen molar-refractivity contribution in [2.24, 2.45) is 11.7 Å². The van der Waals surface area contributed by atoms with Gasteiger partial charge in [0.15, 0.2) is 0 Å². The van der Waals surface area contributed by atoms with Crippen LogP contribution in [0.2, 0.25) is 0 Å². The summed E-state index contributed by atoms with van der Waals surface area (Å²) in [7, 11) is 0. The molecule has 5 heteroatoms. The summed E-state index contributed by atoms with van der Waals surface area (Å²) in [6.45, 7) is 9.36. The molecule has 0 aliphatic rings. The van der Waals surface area contributed by atoms with Crippen molar-refractivity contribution in [3.05, 3.63) is 35.4 Å². The third kappa shape index (κ3) is 5.00. The minimum atomic E-state index is -4.32. The quantitative estimate of drug-likeness (QED) is 0.858. The van der Waals surface area contributed by atoms with Gasteiger partial charge in [-0.25, -0.2) is 0 Å². The van der Waals surface area contributed by atoms with Crippen molar-refractivity contribution in [1.29, 1.82) is 0 Å². The summed E-state index contributed by atoms with van der Waals surface area (Å²) in [5.41, 5.74) is 5.86. The van der Waals surface area contributed by atoms with Crippen LogP contribution in [0.4, 0.5) is 13.2 Å². The van der Waals surface area contributed by atoms with E-state index < -0.39 is 11.7 Å². The Bertz CT molecular complexity index is 441. The molecule has 0 bridgehead atoms. The zero-order valence-electron chi connectivity index (χ0n) is 13.1. The van der Waals surface area contributed by atoms with Gasteiger partial charge in [-0.1, -0.05) is 26.0 Å². The summed E-state index contributed by atoms with van der Waals surface area (Å²) in [5, 5.41) is 0. The normalized spacial score (nSPS) is 14.2. The molecule has 0 saturated heterocycles. The summed E-state index contributed by atoms with van der Waals surface area (Å²) in [4.78, 5) is 2.17. The summed E-state index contributed by atoms with van der Waals surface area (Å²) in [5.74, 6) is 0.423. The van der Waals surface area contributed by atoms with Crippen LogP contribution in [0.3, 0.4) is 0 Å². The van der Waals surface area contributed by atoms with Gasteiger partial charge in [0.1, 0.15) is 0 Å². The molecule has 0 radical (unpaired) electrons. The number of hydrogen-bond acceptors (Lipinski definition) is 2. The second kappa shape index (κ2) is 7.27. The molecule has 1 unspecified atom stereocenters. The van der Waals surface area contributed by atoms with Crippen molar-refractivity contribution in [3.8, 4) is 0 Å². The van der Waals surface area contributed by atoms with Crippen LogP contribution in [0.15, 0.2) is 24.3 Å². The monoisotopic (exact) mass is 302 g/mol. The second-order valence-electron chi connectivity index (χ2n) is 6.06. The Morgan fingerprint density at radius 1 is 1.14 bits per heavy atom. The molecule has 120 valence electrons. The SMILES string of the molecule is CC(C)CN(C(C)C)C(CN)c1cccc(C(F)(F)F)c1. The fourth-order valence-corrected chi connectivity index (χ4v) is 2.50. The molecule has 2 N–H and O–H groups in total. The standard InChI is InChI=1S/C16H25F3N2/c1-11(2)10-21(12(3)4)15(9-20)13-6-5-7-14(8-13)16(17,18)19/h5-8,11-12,15H,9-10,20H2,1-4H3. The van der Waals surface area contributed by atoms with E-state index in [2.05, 4.69) is 18.7 Å². The van der Waals surface area contributed by atoms with Crippen LogP contribution in [0.25, 0.3) is 0 Å². The number of nitrogens with zero attached hydrogens (tertiary/aromatic N) is 1. The molecule has 0 heterocycles. The lowest BCUT2D eigenvalue weighted by molar-refractivity contribution is -0.137. The molecule has 0 fully saturated rings. The predicted octanol–water partition coefficient (Wildman–Crippen LogP) is 4.07. The zero-order valence-corrected chi connectivity index (χ0v) is 13.1. The van der Waals surface area contributed by atoms with Crippen LogP contribution < -0.4 is 5.73 Å². The number of rotatable bonds is 6. The second-order valence-corrected chi connectivity index (χ2v) is 6.06. The largest absolute Gasteiger partial charge is 0.416 e. The Balaban J connectivity index is 3.13. The molecule has 21 heavy (non-hydrogen) atoms. The van der Waals surface area contributed by atoms with E-state index in [0.29, 0.717) is 18.0 Å². The van der Waals surface area contributed by atoms with Crippen molar-refractivity contribution < 1.29 is 13.2 Å². The number of alkyl halides is 3. The van der Waals surface area contributed by atoms with E-state index >= 15 is 0 Å². The molecule has 2 nitrogen and oxygen atoms in total. The van der Waals surface area contributed by atoms with Crippen molar-refractivity contribution >= 4 is 0 Å². The van der Waals surface area contributed by atoms with Crippen molar-refractivity contribution in [1.82, 2.24) is 4.90 Å². The van der Waals surface area contributed by atoms with Gasteiger partial charge in [-0.3, -0.25) is 4.90 Å². The number of nitrogens with two attached hydrogens (primary N) is 1. The topological polar surface area (TPSA) is 29.3 Å². The van der Waals surface area contributed by atoms with Gasteiger partial charge in [0.2, 0.25) is 0 Å². The number of halogens is 3. The first-order chi connectivity index (χ1) is 9.66. The van der Waals surface area contributed by atoms with Crippen molar-refractivity contribution in [3.63, 3.8) is 0 Å². The molecule has 1 atom stereocenters. The minimum Gasteiger partial charge on any atom is -0.329 e. The molecule has 0 aromatic heterocycles. The zero-order chi connectivity index (χ0) is 16.2. The first kappa shape index (κ1) is 18.0. The van der Waals surface area contributed by atoms with Crippen molar-refractivity contribution in [2.45, 2.75) is 46.0 Å². The number of benzene rings is 1. The lowest BCUT2D eigenvalue weighted by atomic mass is 9.99. The predicted molar refractivity (Wildman–Crippen MR) is 79.9 cm³/mol. The Hall–Kier alpha value is -1.07. The van der Waals surface area contributed by atoms with E-state index in [1.54, 1.807) is 6.07 Å². The van der Waals surface area contributed by atoms with Crippen LogP contribution in [-0.2, 0) is 6.18 Å². The van der Waals surface area contributed by atoms with Crippen molar-refractivity contribution in [2.75, 3.05) is 13.1 Å². The first-order valence-electron chi connectivity index (χ1n) is 7.29. The van der Waals surface area contributed by atoms with E-state index in [-0.39, 0.29) is 12.1 Å². The van der Waals surface area contributed by atoms with Gasteiger partial charge in [0.05, 0.1) is 5.56 Å². The fourth-order valence-electron chi connectivity index (χ4n) is 2.50. The maximum atomic E-state index is 12.9. The third-order valence-corrected chi connectivity index (χ3v) is 3.46. The molecule has 0 spiro atoms. The van der Waals surface area contributed by atoms with Crippen LogP contribution >= 0.6 is 0 Å². The average Bonchev–Trinajstić information content (AvgIpc) is 2.37. The molecule has 0 amide bonds. The number of hydrogen-bond donors (Lipinski definition) is 1. The summed E-state index contributed by atoms with van der Waals surface area (Å²) >= 11 is 0. The molecule has 1 rings (SSSR count). The van der Waals surface area contributed by atoms with Gasteiger partial charge in [-0.05, 0) is 37.5 Å². The summed E-state index contributed by atoms with van der Waals surface area (Å²) in [6, 6.07) is 5.51. The lowest BCUT2D eigenvalue weighted by Crippen LogP contribution is -2.41. The Labute approximate surface area is 125 Å². The van der Waals surface area contributed by atoms with Gasteiger partial charge in [0, 0.05) is 25.2 Å². The highest BCUT2D eigenvalue weighted by Gasteiger charge is 2.31. The summed E-state index contributed by atoms with van der Waals surface area (Å²) in [6.07, 6.45) is -4.32. The van der Waals surface area contributed by atoms with Gasteiger partial charge >= 0.3 is 6.18 Å². The maximum Gasteiger partial charge on any atom is 0.416 e. The van der Waals surface area contributed by atoms with Gasteiger partial charge < -0.3 is 5.73 Å². The molecular weight excluding hydrogens is 277 g/mol. The van der Waals surface area contributed by atoms with E-state index in [1.807, 2.05) is 13.8 Å². The van der Waals surface area contributed by atoms with E-state index in [1.165, 1.54) is 12.1 Å². The van der Waals surface area contributed by atoms with Gasteiger partial charge in [-0.15, -0.1) is 0 Å². The molecule has 1 aromatic carbocycles. The molecule has 0 saturated carbocycles. The maximum absolute atomic E-state index is 12.9. The third-order valence-electron chi connectivity index (χ3n) is 3.46. The molecule has 1 aromatic rings. The molecule has 0 aliphatic heterocycles. The van der Waals surface area contributed by atoms with E-state index in [4.69, 9.17) is 5.73 Å². The van der Waals surface area contributed by atoms with Crippen LogP contribution in [0, 0.1) is 5.92 Å². The van der Waals surface area contributed by atoms with Crippen LogP contribution in [0.1, 0.15) is 44.9 Å². The van der Waals surface area contributed by atoms with Crippen LogP contribution in [-0.4, -0.2) is 24.0 Å². The summed E-state index contributed by atoms with van der Waals surface area (Å²) < 4.78 is 38.6.